The third-order valence-corrected chi connectivity index (χ3v) is 13.5. The highest BCUT2D eigenvalue weighted by molar-refractivity contribution is 5.69. The normalized spacial score (nSPS) is 34.3. The molecule has 0 unspecified atom stereocenters. The van der Waals surface area contributed by atoms with E-state index in [1.807, 2.05) is 0 Å². The summed E-state index contributed by atoms with van der Waals surface area (Å²) in [7, 11) is 0. The van der Waals surface area contributed by atoms with E-state index < -0.39 is 0 Å². The highest BCUT2D eigenvalue weighted by Crippen LogP contribution is 2.67. The van der Waals surface area contributed by atoms with E-state index in [1.54, 1.807) is 5.57 Å². The number of hydrogen-bond donors (Lipinski definition) is 0. The van der Waals surface area contributed by atoms with Gasteiger partial charge in [-0.3, -0.25) is 4.79 Å². The average molecular weight is 597 g/mol. The maximum atomic E-state index is 12.7. The maximum Gasteiger partial charge on any atom is 0.306 e. The molecule has 248 valence electrons. The first-order valence-electron chi connectivity index (χ1n) is 19.6. The third-order valence-electron chi connectivity index (χ3n) is 13.5. The molecule has 8 atom stereocenters. The number of carbonyl (C=O) groups excluding carboxylic acids is 1. The van der Waals surface area contributed by atoms with Crippen LogP contribution in [0.5, 0.6) is 0 Å². The summed E-state index contributed by atoms with van der Waals surface area (Å²) in [6.07, 6.45) is 32.5. The molecule has 0 aromatic carbocycles. The Balaban J connectivity index is 1.19. The van der Waals surface area contributed by atoms with Crippen LogP contribution in [-0.2, 0) is 9.53 Å². The van der Waals surface area contributed by atoms with Crippen molar-refractivity contribution in [2.75, 3.05) is 0 Å². The molecule has 0 radical (unpaired) electrons. The van der Waals surface area contributed by atoms with Crippen molar-refractivity contribution in [1.29, 1.82) is 0 Å². The van der Waals surface area contributed by atoms with Crippen LogP contribution >= 0.6 is 0 Å². The molecule has 4 rings (SSSR count). The standard InChI is InChI=1S/C41H72O2/c1-7-8-9-10-11-12-13-14-15-16-17-21-39(42)43-34-26-28-40(5)33(30-34)22-23-35-37-25-24-36(32(4)20-18-19-31(2)3)41(37,6)29-27-38(35)40/h22,31-32,34-38H,7-21,23-30H2,1-6H3/t32-,34+,35+,36-,37+,38+,40+,41-/m1/s1. The minimum absolute atomic E-state index is 0.0618. The van der Waals surface area contributed by atoms with Crippen molar-refractivity contribution in [2.45, 2.75) is 195 Å². The second-order valence-electron chi connectivity index (χ2n) is 16.9. The van der Waals surface area contributed by atoms with Crippen LogP contribution in [0.25, 0.3) is 0 Å². The molecule has 0 N–H and O–H groups in total. The Bertz CT molecular complexity index is 873. The quantitative estimate of drug-likeness (QED) is 0.0893. The smallest absolute Gasteiger partial charge is 0.306 e. The van der Waals surface area contributed by atoms with Crippen LogP contribution in [0.3, 0.4) is 0 Å². The van der Waals surface area contributed by atoms with Crippen molar-refractivity contribution in [3.8, 4) is 0 Å². The van der Waals surface area contributed by atoms with Crippen LogP contribution in [0, 0.1) is 46.3 Å². The van der Waals surface area contributed by atoms with Crippen LogP contribution in [-0.4, -0.2) is 12.1 Å². The fraction of sp³-hybridized carbons (Fsp3) is 0.927. The van der Waals surface area contributed by atoms with E-state index in [2.05, 4.69) is 47.6 Å². The number of rotatable bonds is 18. The van der Waals surface area contributed by atoms with Gasteiger partial charge in [-0.15, -0.1) is 0 Å². The predicted octanol–water partition coefficient (Wildman–Crippen LogP) is 12.6. The zero-order valence-electron chi connectivity index (χ0n) is 29.7. The van der Waals surface area contributed by atoms with Gasteiger partial charge in [0.05, 0.1) is 0 Å². The van der Waals surface area contributed by atoms with Crippen molar-refractivity contribution in [2.24, 2.45) is 46.3 Å². The number of unbranched alkanes of at least 4 members (excludes halogenated alkanes) is 10. The average Bonchev–Trinajstić information content (AvgIpc) is 3.33. The molecule has 2 nitrogen and oxygen atoms in total. The Kier molecular flexibility index (Phi) is 13.6. The number of hydrogen-bond acceptors (Lipinski definition) is 2. The zero-order valence-corrected chi connectivity index (χ0v) is 29.7. The fourth-order valence-corrected chi connectivity index (χ4v) is 10.9. The minimum atomic E-state index is 0.0618. The number of esters is 1. The van der Waals surface area contributed by atoms with Crippen LogP contribution in [0.15, 0.2) is 11.6 Å². The molecule has 0 spiro atoms. The van der Waals surface area contributed by atoms with Gasteiger partial charge in [0, 0.05) is 12.8 Å². The molecule has 0 amide bonds. The van der Waals surface area contributed by atoms with Gasteiger partial charge in [-0.05, 0) is 97.7 Å². The summed E-state index contributed by atoms with van der Waals surface area (Å²) in [6, 6.07) is 0. The lowest BCUT2D eigenvalue weighted by molar-refractivity contribution is -0.151. The van der Waals surface area contributed by atoms with Gasteiger partial charge >= 0.3 is 5.97 Å². The van der Waals surface area contributed by atoms with Gasteiger partial charge in [-0.1, -0.05) is 137 Å². The van der Waals surface area contributed by atoms with E-state index in [4.69, 9.17) is 4.74 Å². The van der Waals surface area contributed by atoms with Crippen molar-refractivity contribution in [3.05, 3.63) is 11.6 Å². The molecule has 0 aliphatic heterocycles. The largest absolute Gasteiger partial charge is 0.462 e. The Morgan fingerprint density at radius 3 is 2.16 bits per heavy atom. The fourth-order valence-electron chi connectivity index (χ4n) is 10.9. The van der Waals surface area contributed by atoms with E-state index in [9.17, 15) is 4.79 Å². The summed E-state index contributed by atoms with van der Waals surface area (Å²) >= 11 is 0. The summed E-state index contributed by atoms with van der Waals surface area (Å²) in [5.74, 6) is 5.34. The Morgan fingerprint density at radius 1 is 0.814 bits per heavy atom. The van der Waals surface area contributed by atoms with Gasteiger partial charge in [-0.2, -0.15) is 0 Å². The second-order valence-corrected chi connectivity index (χ2v) is 16.9. The molecule has 0 bridgehead atoms. The molecule has 4 aliphatic carbocycles. The van der Waals surface area contributed by atoms with E-state index in [0.29, 0.717) is 17.3 Å². The van der Waals surface area contributed by atoms with Crippen LogP contribution < -0.4 is 0 Å². The maximum absolute atomic E-state index is 12.7. The molecule has 0 aromatic rings. The molecule has 3 fully saturated rings. The van der Waals surface area contributed by atoms with Crippen LogP contribution in [0.2, 0.25) is 0 Å². The Hall–Kier alpha value is -0.790. The number of ether oxygens (including phenoxy) is 1. The van der Waals surface area contributed by atoms with Crippen LogP contribution in [0.1, 0.15) is 189 Å². The molecule has 4 aliphatic rings. The van der Waals surface area contributed by atoms with E-state index >= 15 is 0 Å². The van der Waals surface area contributed by atoms with Crippen molar-refractivity contribution in [1.82, 2.24) is 0 Å². The van der Waals surface area contributed by atoms with E-state index in [0.717, 1.165) is 54.8 Å². The van der Waals surface area contributed by atoms with Crippen molar-refractivity contribution < 1.29 is 9.53 Å². The van der Waals surface area contributed by atoms with E-state index in [-0.39, 0.29) is 12.1 Å². The van der Waals surface area contributed by atoms with Gasteiger partial charge in [0.25, 0.3) is 0 Å². The third kappa shape index (κ3) is 8.93. The van der Waals surface area contributed by atoms with Gasteiger partial charge < -0.3 is 4.74 Å². The summed E-state index contributed by atoms with van der Waals surface area (Å²) in [5, 5.41) is 0. The Labute approximate surface area is 268 Å². The molecule has 0 heterocycles. The van der Waals surface area contributed by atoms with E-state index in [1.165, 1.54) is 122 Å². The monoisotopic (exact) mass is 597 g/mol. The zero-order chi connectivity index (χ0) is 30.9. The summed E-state index contributed by atoms with van der Waals surface area (Å²) in [5.41, 5.74) is 2.54. The lowest BCUT2D eigenvalue weighted by Crippen LogP contribution is -2.51. The van der Waals surface area contributed by atoms with Gasteiger partial charge in [0.1, 0.15) is 6.10 Å². The van der Waals surface area contributed by atoms with Crippen molar-refractivity contribution >= 4 is 5.97 Å². The molecule has 43 heavy (non-hydrogen) atoms. The van der Waals surface area contributed by atoms with Gasteiger partial charge in [-0.25, -0.2) is 0 Å². The topological polar surface area (TPSA) is 26.3 Å². The first-order chi connectivity index (χ1) is 20.7. The highest BCUT2D eigenvalue weighted by atomic mass is 16.5. The first-order valence-corrected chi connectivity index (χ1v) is 19.6. The summed E-state index contributed by atoms with van der Waals surface area (Å²) < 4.78 is 6.11. The molecule has 3 saturated carbocycles. The molecule has 0 aromatic heterocycles. The summed E-state index contributed by atoms with van der Waals surface area (Å²) in [6.45, 7) is 14.9. The van der Waals surface area contributed by atoms with Gasteiger partial charge in [0.2, 0.25) is 0 Å². The lowest BCUT2D eigenvalue weighted by Gasteiger charge is -2.58. The molecule has 2 heteroatoms. The molecular weight excluding hydrogens is 524 g/mol. The van der Waals surface area contributed by atoms with Crippen molar-refractivity contribution in [3.63, 3.8) is 0 Å². The lowest BCUT2D eigenvalue weighted by atomic mass is 9.47. The number of carbonyl (C=O) groups is 1. The number of fused-ring (bicyclic) bond motifs is 5. The van der Waals surface area contributed by atoms with Gasteiger partial charge in [0.15, 0.2) is 0 Å². The highest BCUT2D eigenvalue weighted by Gasteiger charge is 2.59. The SMILES string of the molecule is CCCCCCCCCCCCCC(=O)O[C@H]1CC[C@@]2(C)C(=CC[C@H]3[C@@H]4CC[C@H]([C@H](C)CCCC(C)C)[C@@]4(C)CC[C@@H]32)C1. The molecule has 0 saturated heterocycles. The van der Waals surface area contributed by atoms with Crippen LogP contribution in [0.4, 0.5) is 0 Å². The minimum Gasteiger partial charge on any atom is -0.462 e. The first kappa shape index (κ1) is 35.1. The number of allylic oxidation sites excluding steroid dienone is 1. The molecular formula is C41H72O2. The second kappa shape index (κ2) is 16.7. The summed E-state index contributed by atoms with van der Waals surface area (Å²) in [4.78, 5) is 12.7. The predicted molar refractivity (Wildman–Crippen MR) is 184 cm³/mol. The Morgan fingerprint density at radius 2 is 1.49 bits per heavy atom.